The van der Waals surface area contributed by atoms with E-state index in [1.165, 1.54) is 23.4 Å². The van der Waals surface area contributed by atoms with Gasteiger partial charge in [0.05, 0.1) is 4.90 Å². The second-order valence-corrected chi connectivity index (χ2v) is 4.93. The van der Waals surface area contributed by atoms with Gasteiger partial charge in [0, 0.05) is 11.4 Å². The van der Waals surface area contributed by atoms with Gasteiger partial charge in [-0.2, -0.15) is 0 Å². The van der Waals surface area contributed by atoms with Gasteiger partial charge in [0.15, 0.2) is 0 Å². The van der Waals surface area contributed by atoms with Gasteiger partial charge in [-0.25, -0.2) is 4.39 Å². The van der Waals surface area contributed by atoms with Crippen molar-refractivity contribution in [3.63, 3.8) is 0 Å². The van der Waals surface area contributed by atoms with Gasteiger partial charge in [-0.15, -0.1) is 0 Å². The lowest BCUT2D eigenvalue weighted by molar-refractivity contribution is 0.597. The highest BCUT2D eigenvalue weighted by molar-refractivity contribution is 7.99. The van der Waals surface area contributed by atoms with Gasteiger partial charge in [-0.05, 0) is 30.7 Å². The predicted molar refractivity (Wildman–Crippen MR) is 69.6 cm³/mol. The van der Waals surface area contributed by atoms with Gasteiger partial charge in [0.2, 0.25) is 0 Å². The second-order valence-electron chi connectivity index (χ2n) is 3.85. The number of rotatable bonds is 3. The molecule has 0 saturated carbocycles. The summed E-state index contributed by atoms with van der Waals surface area (Å²) in [5, 5.41) is 0. The molecule has 1 nitrogen and oxygen atoms in total. The maximum Gasteiger partial charge on any atom is 0.137 e. The summed E-state index contributed by atoms with van der Waals surface area (Å²) in [6.45, 7) is 2.38. The van der Waals surface area contributed by atoms with E-state index in [2.05, 4.69) is 0 Å². The lowest BCUT2D eigenvalue weighted by Gasteiger charge is -2.08. The molecule has 2 aromatic rings. The quantitative estimate of drug-likeness (QED) is 0.894. The molecule has 88 valence electrons. The summed E-state index contributed by atoms with van der Waals surface area (Å²) >= 11 is 1.42. The standard InChI is InChI=1S/C14H14FNS/c1-10-5-7-12(8-6-10)17-14-11(9-16)3-2-4-13(14)15/h2-8H,9,16H2,1H3. The van der Waals surface area contributed by atoms with Crippen LogP contribution >= 0.6 is 11.8 Å². The fraction of sp³-hybridized carbons (Fsp3) is 0.143. The molecule has 2 N–H and O–H groups in total. The van der Waals surface area contributed by atoms with Crippen LogP contribution in [0.4, 0.5) is 4.39 Å². The molecule has 0 atom stereocenters. The topological polar surface area (TPSA) is 26.0 Å². The zero-order valence-electron chi connectivity index (χ0n) is 9.61. The van der Waals surface area contributed by atoms with Crippen molar-refractivity contribution in [1.82, 2.24) is 0 Å². The first-order valence-corrected chi connectivity index (χ1v) is 6.24. The van der Waals surface area contributed by atoms with Crippen LogP contribution in [0.2, 0.25) is 0 Å². The third kappa shape index (κ3) is 2.87. The summed E-state index contributed by atoms with van der Waals surface area (Å²) in [6, 6.07) is 13.0. The van der Waals surface area contributed by atoms with E-state index in [9.17, 15) is 4.39 Å². The van der Waals surface area contributed by atoms with Crippen molar-refractivity contribution in [3.8, 4) is 0 Å². The Balaban J connectivity index is 2.32. The molecule has 0 unspecified atom stereocenters. The minimum Gasteiger partial charge on any atom is -0.326 e. The lowest BCUT2D eigenvalue weighted by Crippen LogP contribution is -1.99. The van der Waals surface area contributed by atoms with Crippen molar-refractivity contribution in [2.75, 3.05) is 0 Å². The molecule has 17 heavy (non-hydrogen) atoms. The summed E-state index contributed by atoms with van der Waals surface area (Å²) in [6.07, 6.45) is 0. The third-order valence-electron chi connectivity index (χ3n) is 2.51. The van der Waals surface area contributed by atoms with E-state index >= 15 is 0 Å². The van der Waals surface area contributed by atoms with E-state index in [-0.39, 0.29) is 5.82 Å². The van der Waals surface area contributed by atoms with Gasteiger partial charge in [-0.1, -0.05) is 41.6 Å². The van der Waals surface area contributed by atoms with Crippen molar-refractivity contribution in [3.05, 3.63) is 59.4 Å². The number of hydrogen-bond acceptors (Lipinski definition) is 2. The molecule has 3 heteroatoms. The van der Waals surface area contributed by atoms with Gasteiger partial charge in [0.1, 0.15) is 5.82 Å². The highest BCUT2D eigenvalue weighted by Crippen LogP contribution is 2.32. The molecule has 0 bridgehead atoms. The van der Waals surface area contributed by atoms with E-state index in [4.69, 9.17) is 5.73 Å². The Bertz CT molecular complexity index is 508. The van der Waals surface area contributed by atoms with Crippen molar-refractivity contribution in [2.45, 2.75) is 23.3 Å². The van der Waals surface area contributed by atoms with Crippen LogP contribution in [0.3, 0.4) is 0 Å². The molecule has 0 aromatic heterocycles. The molecule has 0 amide bonds. The molecule has 2 rings (SSSR count). The average Bonchev–Trinajstić information content (AvgIpc) is 2.34. The number of aryl methyl sites for hydroxylation is 1. The first-order chi connectivity index (χ1) is 8.20. The van der Waals surface area contributed by atoms with E-state index in [0.29, 0.717) is 11.4 Å². The second kappa shape index (κ2) is 5.34. The molecule has 0 heterocycles. The minimum absolute atomic E-state index is 0.210. The highest BCUT2D eigenvalue weighted by atomic mass is 32.2. The monoisotopic (exact) mass is 247 g/mol. The van der Waals surface area contributed by atoms with Crippen LogP contribution in [-0.4, -0.2) is 0 Å². The largest absolute Gasteiger partial charge is 0.326 e. The van der Waals surface area contributed by atoms with Gasteiger partial charge >= 0.3 is 0 Å². The van der Waals surface area contributed by atoms with Crippen LogP contribution in [0.15, 0.2) is 52.3 Å². The lowest BCUT2D eigenvalue weighted by atomic mass is 10.2. The van der Waals surface area contributed by atoms with Crippen LogP contribution in [0.1, 0.15) is 11.1 Å². The summed E-state index contributed by atoms with van der Waals surface area (Å²) in [4.78, 5) is 1.65. The SMILES string of the molecule is Cc1ccc(Sc2c(F)cccc2CN)cc1. The molecule has 0 saturated heterocycles. The zero-order valence-corrected chi connectivity index (χ0v) is 10.4. The van der Waals surface area contributed by atoms with E-state index in [0.717, 1.165) is 10.5 Å². The van der Waals surface area contributed by atoms with Crippen LogP contribution in [-0.2, 0) is 6.54 Å². The van der Waals surface area contributed by atoms with Crippen LogP contribution in [0, 0.1) is 12.7 Å². The fourth-order valence-electron chi connectivity index (χ4n) is 1.55. The minimum atomic E-state index is -0.210. The fourth-order valence-corrected chi connectivity index (χ4v) is 2.51. The van der Waals surface area contributed by atoms with Crippen molar-refractivity contribution < 1.29 is 4.39 Å². The van der Waals surface area contributed by atoms with Crippen molar-refractivity contribution >= 4 is 11.8 Å². The molecule has 0 spiro atoms. The number of halogens is 1. The molecular weight excluding hydrogens is 233 g/mol. The maximum absolute atomic E-state index is 13.7. The molecule has 0 aliphatic carbocycles. The Hall–Kier alpha value is -1.32. The predicted octanol–water partition coefficient (Wildman–Crippen LogP) is 3.74. The summed E-state index contributed by atoms with van der Waals surface area (Å²) in [7, 11) is 0. The van der Waals surface area contributed by atoms with Crippen molar-refractivity contribution in [1.29, 1.82) is 0 Å². The number of hydrogen-bond donors (Lipinski definition) is 1. The highest BCUT2D eigenvalue weighted by Gasteiger charge is 2.08. The summed E-state index contributed by atoms with van der Waals surface area (Å²) in [5.74, 6) is -0.210. The van der Waals surface area contributed by atoms with E-state index < -0.39 is 0 Å². The first-order valence-electron chi connectivity index (χ1n) is 5.42. The third-order valence-corrected chi connectivity index (χ3v) is 3.68. The summed E-state index contributed by atoms with van der Waals surface area (Å²) < 4.78 is 13.7. The molecule has 2 aromatic carbocycles. The molecule has 0 aliphatic rings. The van der Waals surface area contributed by atoms with Gasteiger partial charge < -0.3 is 5.73 Å². The Morgan fingerprint density at radius 2 is 1.82 bits per heavy atom. The van der Waals surface area contributed by atoms with Crippen molar-refractivity contribution in [2.24, 2.45) is 5.73 Å². The van der Waals surface area contributed by atoms with Gasteiger partial charge in [0.25, 0.3) is 0 Å². The Morgan fingerprint density at radius 3 is 2.47 bits per heavy atom. The number of nitrogens with two attached hydrogens (primary N) is 1. The normalized spacial score (nSPS) is 10.5. The maximum atomic E-state index is 13.7. The van der Waals surface area contributed by atoms with Crippen LogP contribution in [0.5, 0.6) is 0 Å². The van der Waals surface area contributed by atoms with E-state index in [1.54, 1.807) is 6.07 Å². The average molecular weight is 247 g/mol. The molecular formula is C14H14FNS. The van der Waals surface area contributed by atoms with E-state index in [1.807, 2.05) is 37.3 Å². The summed E-state index contributed by atoms with van der Waals surface area (Å²) in [5.41, 5.74) is 7.66. The molecule has 0 fully saturated rings. The Labute approximate surface area is 105 Å². The number of benzene rings is 2. The van der Waals surface area contributed by atoms with Gasteiger partial charge in [-0.3, -0.25) is 0 Å². The molecule has 0 aliphatic heterocycles. The van der Waals surface area contributed by atoms with Crippen LogP contribution in [0.25, 0.3) is 0 Å². The Morgan fingerprint density at radius 1 is 1.12 bits per heavy atom. The van der Waals surface area contributed by atoms with Crippen LogP contribution < -0.4 is 5.73 Å². The smallest absolute Gasteiger partial charge is 0.137 e. The first kappa shape index (κ1) is 12.1. The Kier molecular flexibility index (Phi) is 3.82. The molecule has 0 radical (unpaired) electrons. The zero-order chi connectivity index (χ0) is 12.3.